The average Bonchev–Trinajstić information content (AvgIpc) is 3.46. The fraction of sp³-hybridized carbons (Fsp3) is 0.400. The Bertz CT molecular complexity index is 1570. The molecule has 0 unspecified atom stereocenters. The smallest absolute Gasteiger partial charge is 0.278 e. The SMILES string of the molecule is O=C1c2c(O)c(=O)ccn2N(C2c3ccc(F)cc3CCc3cc(F)ccc32)[C@@H]2[C@H]3C[C@@H]4CC[C@@]3(CCN12)O4. The summed E-state index contributed by atoms with van der Waals surface area (Å²) in [7, 11) is 0. The fourth-order valence-electron chi connectivity index (χ4n) is 8.05. The zero-order chi connectivity index (χ0) is 26.6. The summed E-state index contributed by atoms with van der Waals surface area (Å²) < 4.78 is 37.2. The molecular weight excluding hydrogens is 504 g/mol. The minimum Gasteiger partial charge on any atom is -0.502 e. The van der Waals surface area contributed by atoms with Crippen molar-refractivity contribution in [2.75, 3.05) is 11.6 Å². The molecule has 1 amide bonds. The first kappa shape index (κ1) is 23.2. The van der Waals surface area contributed by atoms with E-state index in [-0.39, 0.29) is 35.0 Å². The van der Waals surface area contributed by atoms with Gasteiger partial charge in [-0.2, -0.15) is 0 Å². The van der Waals surface area contributed by atoms with Crippen molar-refractivity contribution in [2.45, 2.75) is 62.4 Å². The Morgan fingerprint density at radius 1 is 0.949 bits per heavy atom. The summed E-state index contributed by atoms with van der Waals surface area (Å²) in [6.45, 7) is 0.422. The van der Waals surface area contributed by atoms with E-state index in [1.54, 1.807) is 27.9 Å². The molecule has 39 heavy (non-hydrogen) atoms. The number of pyridine rings is 1. The van der Waals surface area contributed by atoms with Crippen molar-refractivity contribution in [3.63, 3.8) is 0 Å². The van der Waals surface area contributed by atoms with E-state index in [2.05, 4.69) is 5.01 Å². The van der Waals surface area contributed by atoms with Crippen LogP contribution in [0, 0.1) is 17.6 Å². The molecular formula is C30H27F2N3O4. The van der Waals surface area contributed by atoms with Crippen molar-refractivity contribution < 1.29 is 23.4 Å². The summed E-state index contributed by atoms with van der Waals surface area (Å²) in [6.07, 6.45) is 5.70. The van der Waals surface area contributed by atoms with E-state index in [0.717, 1.165) is 41.5 Å². The standard InChI is InChI=1S/C30H27F2N3O4/c31-18-3-5-21-16(13-18)1-2-17-14-19(32)4-6-22(17)25(21)35-28-23-15-20-7-9-30(23,39-20)10-12-33(28)29(38)26-27(37)24(36)8-11-34(26)35/h3-6,8,11,13-14,20,23,25,28,37H,1-2,7,9-10,12,15H2/t20-,23+,28+,30-/m0/s1. The highest BCUT2D eigenvalue weighted by molar-refractivity contribution is 5.96. The van der Waals surface area contributed by atoms with E-state index in [4.69, 9.17) is 4.74 Å². The van der Waals surface area contributed by atoms with Crippen LogP contribution in [0.2, 0.25) is 0 Å². The average molecular weight is 532 g/mol. The van der Waals surface area contributed by atoms with Gasteiger partial charge in [0.05, 0.1) is 17.7 Å². The molecule has 3 saturated heterocycles. The Labute approximate surface area is 223 Å². The number of hydrogen-bond acceptors (Lipinski definition) is 5. The molecule has 2 bridgehead atoms. The van der Waals surface area contributed by atoms with Crippen LogP contribution in [0.1, 0.15) is 64.5 Å². The Morgan fingerprint density at radius 3 is 2.31 bits per heavy atom. The van der Waals surface area contributed by atoms with E-state index in [1.807, 2.05) is 0 Å². The summed E-state index contributed by atoms with van der Waals surface area (Å²) in [6, 6.07) is 10.2. The summed E-state index contributed by atoms with van der Waals surface area (Å²) in [4.78, 5) is 28.2. The number of ether oxygens (including phenoxy) is 1. The van der Waals surface area contributed by atoms with Gasteiger partial charge in [-0.05, 0) is 85.0 Å². The largest absolute Gasteiger partial charge is 0.502 e. The molecule has 7 nitrogen and oxygen atoms in total. The predicted molar refractivity (Wildman–Crippen MR) is 137 cm³/mol. The zero-order valence-electron chi connectivity index (χ0n) is 21.1. The molecule has 4 aliphatic heterocycles. The molecule has 2 aromatic carbocycles. The molecule has 1 aromatic heterocycles. The summed E-state index contributed by atoms with van der Waals surface area (Å²) >= 11 is 0. The maximum Gasteiger partial charge on any atom is 0.278 e. The number of fused-ring (bicyclic) bond motifs is 6. The molecule has 0 radical (unpaired) electrons. The van der Waals surface area contributed by atoms with Gasteiger partial charge in [0.25, 0.3) is 5.91 Å². The van der Waals surface area contributed by atoms with Gasteiger partial charge in [-0.1, -0.05) is 12.1 Å². The third kappa shape index (κ3) is 3.10. The van der Waals surface area contributed by atoms with Crippen molar-refractivity contribution in [3.8, 4) is 5.75 Å². The number of carbonyl (C=O) groups is 1. The molecule has 3 fully saturated rings. The first-order valence-corrected chi connectivity index (χ1v) is 13.6. The quantitative estimate of drug-likeness (QED) is 0.518. The lowest BCUT2D eigenvalue weighted by molar-refractivity contribution is -0.0756. The second-order valence-corrected chi connectivity index (χ2v) is 11.5. The molecule has 5 heterocycles. The Hall–Kier alpha value is -3.72. The second kappa shape index (κ2) is 7.91. The van der Waals surface area contributed by atoms with Gasteiger partial charge in [0.2, 0.25) is 5.43 Å². The lowest BCUT2D eigenvalue weighted by Crippen LogP contribution is -2.70. The van der Waals surface area contributed by atoms with Crippen LogP contribution < -0.4 is 10.4 Å². The van der Waals surface area contributed by atoms with Gasteiger partial charge in [0.15, 0.2) is 11.4 Å². The topological polar surface area (TPSA) is 75.0 Å². The lowest BCUT2D eigenvalue weighted by atomic mass is 9.71. The maximum absolute atomic E-state index is 14.5. The van der Waals surface area contributed by atoms with Crippen LogP contribution in [-0.4, -0.2) is 45.0 Å². The van der Waals surface area contributed by atoms with Crippen LogP contribution in [0.4, 0.5) is 8.78 Å². The monoisotopic (exact) mass is 531 g/mol. The molecule has 4 atom stereocenters. The third-order valence-corrected chi connectivity index (χ3v) is 9.70. The Morgan fingerprint density at radius 2 is 1.64 bits per heavy atom. The fourth-order valence-corrected chi connectivity index (χ4v) is 8.05. The number of aromatic hydroxyl groups is 1. The van der Waals surface area contributed by atoms with Crippen LogP contribution in [0.15, 0.2) is 53.5 Å². The molecule has 8 rings (SSSR count). The number of carbonyl (C=O) groups excluding carboxylic acids is 1. The van der Waals surface area contributed by atoms with Crippen LogP contribution in [-0.2, 0) is 17.6 Å². The van der Waals surface area contributed by atoms with Gasteiger partial charge >= 0.3 is 0 Å². The van der Waals surface area contributed by atoms with Crippen molar-refractivity contribution in [1.29, 1.82) is 0 Å². The molecule has 1 aliphatic carbocycles. The number of aromatic nitrogens is 1. The van der Waals surface area contributed by atoms with E-state index in [9.17, 15) is 23.5 Å². The maximum atomic E-state index is 14.5. The van der Waals surface area contributed by atoms with E-state index in [0.29, 0.717) is 25.8 Å². The number of aryl methyl sites for hydroxylation is 2. The molecule has 9 heteroatoms. The van der Waals surface area contributed by atoms with Crippen molar-refractivity contribution in [3.05, 3.63) is 98.5 Å². The van der Waals surface area contributed by atoms with Gasteiger partial charge in [-0.15, -0.1) is 0 Å². The first-order chi connectivity index (χ1) is 18.8. The third-order valence-electron chi connectivity index (χ3n) is 9.70. The van der Waals surface area contributed by atoms with Gasteiger partial charge in [0, 0.05) is 24.7 Å². The number of rotatable bonds is 1. The van der Waals surface area contributed by atoms with Crippen LogP contribution in [0.5, 0.6) is 5.75 Å². The highest BCUT2D eigenvalue weighted by Crippen LogP contribution is 2.56. The molecule has 0 saturated carbocycles. The van der Waals surface area contributed by atoms with Gasteiger partial charge in [0.1, 0.15) is 17.8 Å². The van der Waals surface area contributed by atoms with Crippen LogP contribution in [0.3, 0.4) is 0 Å². The number of hydrogen-bond donors (Lipinski definition) is 1. The van der Waals surface area contributed by atoms with Crippen molar-refractivity contribution in [2.24, 2.45) is 5.92 Å². The van der Waals surface area contributed by atoms with Gasteiger partial charge in [-0.3, -0.25) is 19.3 Å². The molecule has 1 N–H and O–H groups in total. The normalized spacial score (nSPS) is 28.9. The first-order valence-electron chi connectivity index (χ1n) is 13.6. The minimum atomic E-state index is -0.629. The number of halogens is 2. The van der Waals surface area contributed by atoms with E-state index in [1.165, 1.54) is 30.3 Å². The summed E-state index contributed by atoms with van der Waals surface area (Å²) in [5.74, 6) is -1.68. The van der Waals surface area contributed by atoms with Gasteiger partial charge in [-0.25, -0.2) is 8.78 Å². The highest BCUT2D eigenvalue weighted by Gasteiger charge is 2.63. The van der Waals surface area contributed by atoms with Gasteiger partial charge < -0.3 is 14.7 Å². The van der Waals surface area contributed by atoms with E-state index >= 15 is 0 Å². The summed E-state index contributed by atoms with van der Waals surface area (Å²) in [5.41, 5.74) is 2.26. The Kier molecular flexibility index (Phi) is 4.70. The lowest BCUT2D eigenvalue weighted by Gasteiger charge is -2.57. The zero-order valence-corrected chi connectivity index (χ0v) is 21.1. The van der Waals surface area contributed by atoms with Crippen LogP contribution in [0.25, 0.3) is 0 Å². The van der Waals surface area contributed by atoms with Crippen molar-refractivity contribution >= 4 is 5.91 Å². The number of nitrogens with zero attached hydrogens (tertiary/aromatic N) is 3. The Balaban J connectivity index is 1.43. The molecule has 3 aromatic rings. The number of piperidine rings is 1. The van der Waals surface area contributed by atoms with E-state index < -0.39 is 29.3 Å². The molecule has 5 aliphatic rings. The molecule has 200 valence electrons. The minimum absolute atomic E-state index is 0.000259. The predicted octanol–water partition coefficient (Wildman–Crippen LogP) is 3.78. The number of amides is 1. The van der Waals surface area contributed by atoms with Crippen LogP contribution >= 0.6 is 0 Å². The summed E-state index contributed by atoms with van der Waals surface area (Å²) in [5, 5.41) is 13.0. The second-order valence-electron chi connectivity index (χ2n) is 11.5. The number of benzene rings is 2. The van der Waals surface area contributed by atoms with Crippen molar-refractivity contribution in [1.82, 2.24) is 9.58 Å². The highest BCUT2D eigenvalue weighted by atomic mass is 19.1. The molecule has 1 spiro atoms.